The number of nitrogens with one attached hydrogen (secondary N) is 1. The molecule has 146 valence electrons. The van der Waals surface area contributed by atoms with Crippen molar-refractivity contribution in [2.45, 2.75) is 37.9 Å². The fourth-order valence-corrected chi connectivity index (χ4v) is 3.88. The molecule has 6 heteroatoms. The molecule has 1 amide bonds. The molecule has 0 saturated carbocycles. The molecule has 2 aromatic carbocycles. The maximum atomic E-state index is 12.5. The molecule has 3 aromatic rings. The maximum Gasteiger partial charge on any atom is 0.230 e. The number of carbonyl (C=O) groups is 1. The van der Waals surface area contributed by atoms with Gasteiger partial charge >= 0.3 is 0 Å². The zero-order valence-corrected chi connectivity index (χ0v) is 17.4. The Bertz CT molecular complexity index is 923. The standard InChI is InChI=1S/C22H26N4OS/c1-4-10-19(17-12-6-5-7-13-17)23-20(27)15-28-22-25-24-21(26(22)3)18-14-9-8-11-16(18)2/h5-9,11-14,19H,4,10,15H2,1-3H3,(H,23,27)/t19-/m0/s1. The van der Waals surface area contributed by atoms with Crippen molar-refractivity contribution < 1.29 is 4.79 Å². The fraction of sp³-hybridized carbons (Fsp3) is 0.318. The quantitative estimate of drug-likeness (QED) is 0.570. The molecule has 0 bridgehead atoms. The van der Waals surface area contributed by atoms with Gasteiger partial charge in [-0.1, -0.05) is 79.7 Å². The molecule has 1 aromatic heterocycles. The summed E-state index contributed by atoms with van der Waals surface area (Å²) in [6.07, 6.45) is 1.93. The van der Waals surface area contributed by atoms with Crippen molar-refractivity contribution >= 4 is 17.7 Å². The fourth-order valence-electron chi connectivity index (χ4n) is 3.16. The Kier molecular flexibility index (Phi) is 6.87. The molecule has 0 aliphatic rings. The van der Waals surface area contributed by atoms with Crippen molar-refractivity contribution in [2.24, 2.45) is 7.05 Å². The number of thioether (sulfide) groups is 1. The Balaban J connectivity index is 1.64. The van der Waals surface area contributed by atoms with Crippen molar-refractivity contribution in [1.82, 2.24) is 20.1 Å². The molecule has 0 saturated heterocycles. The molecule has 0 unspecified atom stereocenters. The van der Waals surface area contributed by atoms with E-state index in [1.54, 1.807) is 0 Å². The second kappa shape index (κ2) is 9.55. The average molecular weight is 395 g/mol. The third-order valence-corrected chi connectivity index (χ3v) is 5.69. The van der Waals surface area contributed by atoms with Gasteiger partial charge in [0.2, 0.25) is 5.91 Å². The van der Waals surface area contributed by atoms with Gasteiger partial charge in [0, 0.05) is 12.6 Å². The van der Waals surface area contributed by atoms with Crippen molar-refractivity contribution in [1.29, 1.82) is 0 Å². The van der Waals surface area contributed by atoms with Gasteiger partial charge in [0.15, 0.2) is 11.0 Å². The first-order valence-electron chi connectivity index (χ1n) is 9.52. The monoisotopic (exact) mass is 394 g/mol. The van der Waals surface area contributed by atoms with Gasteiger partial charge in [-0.2, -0.15) is 0 Å². The number of hydrogen-bond donors (Lipinski definition) is 1. The first-order valence-corrected chi connectivity index (χ1v) is 10.5. The Morgan fingerprint density at radius 1 is 1.11 bits per heavy atom. The van der Waals surface area contributed by atoms with E-state index in [9.17, 15) is 4.79 Å². The summed E-state index contributed by atoms with van der Waals surface area (Å²) in [6, 6.07) is 18.3. The minimum Gasteiger partial charge on any atom is -0.349 e. The van der Waals surface area contributed by atoms with Crippen molar-refractivity contribution in [3.8, 4) is 11.4 Å². The van der Waals surface area contributed by atoms with E-state index in [1.807, 2.05) is 48.0 Å². The molecular weight excluding hydrogens is 368 g/mol. The Morgan fingerprint density at radius 2 is 1.82 bits per heavy atom. The van der Waals surface area contributed by atoms with Crippen molar-refractivity contribution in [3.05, 3.63) is 65.7 Å². The maximum absolute atomic E-state index is 12.5. The van der Waals surface area contributed by atoms with Gasteiger partial charge in [-0.3, -0.25) is 4.79 Å². The Morgan fingerprint density at radius 3 is 2.54 bits per heavy atom. The summed E-state index contributed by atoms with van der Waals surface area (Å²) in [5, 5.41) is 12.5. The van der Waals surface area contributed by atoms with Crippen LogP contribution in [-0.4, -0.2) is 26.4 Å². The largest absolute Gasteiger partial charge is 0.349 e. The molecule has 28 heavy (non-hydrogen) atoms. The zero-order chi connectivity index (χ0) is 19.9. The van der Waals surface area contributed by atoms with E-state index < -0.39 is 0 Å². The lowest BCUT2D eigenvalue weighted by Gasteiger charge is -2.18. The third-order valence-electron chi connectivity index (χ3n) is 4.67. The summed E-state index contributed by atoms with van der Waals surface area (Å²) in [4.78, 5) is 12.5. The topological polar surface area (TPSA) is 59.8 Å². The molecule has 1 N–H and O–H groups in total. The van der Waals surface area contributed by atoms with E-state index in [2.05, 4.69) is 47.6 Å². The van der Waals surface area contributed by atoms with Crippen LogP contribution in [0.1, 0.15) is 36.9 Å². The van der Waals surface area contributed by atoms with Gasteiger partial charge in [0.05, 0.1) is 11.8 Å². The van der Waals surface area contributed by atoms with Crippen LogP contribution in [0.2, 0.25) is 0 Å². The molecule has 0 aliphatic carbocycles. The summed E-state index contributed by atoms with van der Waals surface area (Å²) in [5.41, 5.74) is 3.35. The number of hydrogen-bond acceptors (Lipinski definition) is 4. The molecule has 0 radical (unpaired) electrons. The highest BCUT2D eigenvalue weighted by atomic mass is 32.2. The molecule has 1 atom stereocenters. The predicted molar refractivity (Wildman–Crippen MR) is 114 cm³/mol. The highest BCUT2D eigenvalue weighted by Gasteiger charge is 2.17. The molecule has 3 rings (SSSR count). The van der Waals surface area contributed by atoms with E-state index >= 15 is 0 Å². The van der Waals surface area contributed by atoms with Crippen LogP contribution in [0.15, 0.2) is 59.8 Å². The average Bonchev–Trinajstić information content (AvgIpc) is 3.07. The van der Waals surface area contributed by atoms with E-state index in [0.717, 1.165) is 40.5 Å². The van der Waals surface area contributed by atoms with Crippen molar-refractivity contribution in [3.63, 3.8) is 0 Å². The lowest BCUT2D eigenvalue weighted by molar-refractivity contribution is -0.119. The third kappa shape index (κ3) is 4.81. The van der Waals surface area contributed by atoms with Gasteiger partial charge in [-0.05, 0) is 24.5 Å². The summed E-state index contributed by atoms with van der Waals surface area (Å²) in [5.74, 6) is 1.13. The van der Waals surface area contributed by atoms with Crippen LogP contribution in [-0.2, 0) is 11.8 Å². The molecule has 1 heterocycles. The molecule has 0 fully saturated rings. The second-order valence-electron chi connectivity index (χ2n) is 6.79. The van der Waals surface area contributed by atoms with Gasteiger partial charge < -0.3 is 9.88 Å². The minimum absolute atomic E-state index is 0.00717. The highest BCUT2D eigenvalue weighted by molar-refractivity contribution is 7.99. The molecule has 5 nitrogen and oxygen atoms in total. The number of benzene rings is 2. The zero-order valence-electron chi connectivity index (χ0n) is 16.6. The first-order chi connectivity index (χ1) is 13.6. The van der Waals surface area contributed by atoms with Gasteiger partial charge in [0.1, 0.15) is 0 Å². The summed E-state index contributed by atoms with van der Waals surface area (Å²) in [7, 11) is 1.94. The van der Waals surface area contributed by atoms with Crippen LogP contribution in [0.4, 0.5) is 0 Å². The second-order valence-corrected chi connectivity index (χ2v) is 7.73. The Hall–Kier alpha value is -2.60. The number of rotatable bonds is 8. The molecule has 0 aliphatic heterocycles. The van der Waals surface area contributed by atoms with Gasteiger partial charge in [0.25, 0.3) is 0 Å². The number of nitrogens with zero attached hydrogens (tertiary/aromatic N) is 3. The summed E-state index contributed by atoms with van der Waals surface area (Å²) in [6.45, 7) is 4.19. The number of aromatic nitrogens is 3. The SMILES string of the molecule is CCC[C@H](NC(=O)CSc1nnc(-c2ccccc2C)n1C)c1ccccc1. The lowest BCUT2D eigenvalue weighted by atomic mass is 10.0. The predicted octanol–water partition coefficient (Wildman–Crippen LogP) is 4.54. The number of amides is 1. The molecule has 0 spiro atoms. The van der Waals surface area contributed by atoms with Gasteiger partial charge in [-0.25, -0.2) is 0 Å². The van der Waals surface area contributed by atoms with Crippen molar-refractivity contribution in [2.75, 3.05) is 5.75 Å². The summed E-state index contributed by atoms with van der Waals surface area (Å²) < 4.78 is 1.95. The van der Waals surface area contributed by atoms with Crippen LogP contribution in [0.25, 0.3) is 11.4 Å². The smallest absolute Gasteiger partial charge is 0.230 e. The highest BCUT2D eigenvalue weighted by Crippen LogP contribution is 2.25. The number of carbonyl (C=O) groups excluding carboxylic acids is 1. The van der Waals surface area contributed by atoms with Gasteiger partial charge in [-0.15, -0.1) is 10.2 Å². The normalized spacial score (nSPS) is 12.0. The van der Waals surface area contributed by atoms with Crippen LogP contribution in [0, 0.1) is 6.92 Å². The van der Waals surface area contributed by atoms with E-state index in [0.29, 0.717) is 5.75 Å². The minimum atomic E-state index is 0.00717. The first kappa shape index (κ1) is 20.1. The molecular formula is C22H26N4OS. The van der Waals surface area contributed by atoms with Crippen LogP contribution in [0.5, 0.6) is 0 Å². The number of aryl methyl sites for hydroxylation is 1. The Labute approximate surface area is 170 Å². The van der Waals surface area contributed by atoms with E-state index in [1.165, 1.54) is 11.8 Å². The van der Waals surface area contributed by atoms with E-state index in [-0.39, 0.29) is 11.9 Å². The van der Waals surface area contributed by atoms with E-state index in [4.69, 9.17) is 0 Å². The lowest BCUT2D eigenvalue weighted by Crippen LogP contribution is -2.30. The summed E-state index contributed by atoms with van der Waals surface area (Å²) >= 11 is 1.41. The van der Waals surface area contributed by atoms with Crippen LogP contribution >= 0.6 is 11.8 Å². The van der Waals surface area contributed by atoms with Crippen LogP contribution < -0.4 is 5.32 Å². The van der Waals surface area contributed by atoms with Crippen LogP contribution in [0.3, 0.4) is 0 Å².